The van der Waals surface area contributed by atoms with Gasteiger partial charge in [0.15, 0.2) is 0 Å². The lowest BCUT2D eigenvalue weighted by atomic mass is 10.1. The van der Waals surface area contributed by atoms with Gasteiger partial charge in [-0.3, -0.25) is 0 Å². The van der Waals surface area contributed by atoms with Gasteiger partial charge < -0.3 is 5.32 Å². The summed E-state index contributed by atoms with van der Waals surface area (Å²) in [4.78, 5) is 3.90. The number of halogens is 2. The fourth-order valence-electron chi connectivity index (χ4n) is 1.81. The Kier molecular flexibility index (Phi) is 3.55. The topological polar surface area (TPSA) is 24.9 Å². The van der Waals surface area contributed by atoms with E-state index in [9.17, 15) is 8.78 Å². The summed E-state index contributed by atoms with van der Waals surface area (Å²) in [5.41, 5.74) is 2.22. The molecule has 18 heavy (non-hydrogen) atoms. The molecular formula is C14H14F2N2. The fraction of sp³-hybridized carbons (Fsp3) is 0.214. The largest absolute Gasteiger partial charge is 0.366 e. The maximum atomic E-state index is 13.4. The molecule has 2 aromatic rings. The number of aromatic nitrogens is 1. The Hall–Kier alpha value is -1.97. The number of aryl methyl sites for hydroxylation is 2. The molecule has 0 unspecified atom stereocenters. The van der Waals surface area contributed by atoms with Gasteiger partial charge in [0.1, 0.15) is 17.5 Å². The third kappa shape index (κ3) is 2.83. The normalized spacial score (nSPS) is 10.4. The number of benzene rings is 1. The van der Waals surface area contributed by atoms with Gasteiger partial charge >= 0.3 is 0 Å². The Labute approximate surface area is 105 Å². The predicted molar refractivity (Wildman–Crippen MR) is 67.4 cm³/mol. The Morgan fingerprint density at radius 1 is 1.11 bits per heavy atom. The van der Waals surface area contributed by atoms with E-state index < -0.39 is 0 Å². The molecule has 1 N–H and O–H groups in total. The van der Waals surface area contributed by atoms with Crippen molar-refractivity contribution in [1.82, 2.24) is 4.98 Å². The first kappa shape index (κ1) is 12.5. The molecular weight excluding hydrogens is 234 g/mol. The van der Waals surface area contributed by atoms with Crippen molar-refractivity contribution in [3.8, 4) is 0 Å². The molecule has 0 bridgehead atoms. The van der Waals surface area contributed by atoms with Gasteiger partial charge in [0.05, 0.1) is 6.20 Å². The van der Waals surface area contributed by atoms with Gasteiger partial charge in [-0.25, -0.2) is 13.8 Å². The second-order valence-electron chi connectivity index (χ2n) is 4.26. The molecule has 0 saturated carbocycles. The minimum atomic E-state index is -0.367. The van der Waals surface area contributed by atoms with Crippen LogP contribution in [-0.4, -0.2) is 4.98 Å². The van der Waals surface area contributed by atoms with Crippen LogP contribution in [0.5, 0.6) is 0 Å². The van der Waals surface area contributed by atoms with Crippen molar-refractivity contribution >= 4 is 5.82 Å². The minimum absolute atomic E-state index is 0.168. The summed E-state index contributed by atoms with van der Waals surface area (Å²) in [6.07, 6.45) is 1.16. The van der Waals surface area contributed by atoms with Crippen molar-refractivity contribution in [3.63, 3.8) is 0 Å². The molecule has 94 valence electrons. The van der Waals surface area contributed by atoms with Crippen LogP contribution in [0.4, 0.5) is 14.6 Å². The molecule has 1 aromatic carbocycles. The first-order valence-corrected chi connectivity index (χ1v) is 5.67. The summed E-state index contributed by atoms with van der Waals surface area (Å²) in [5, 5.41) is 3.06. The molecule has 0 aliphatic heterocycles. The Morgan fingerprint density at radius 3 is 2.33 bits per heavy atom. The van der Waals surface area contributed by atoms with Gasteiger partial charge in [0, 0.05) is 6.54 Å². The van der Waals surface area contributed by atoms with Crippen molar-refractivity contribution < 1.29 is 8.78 Å². The van der Waals surface area contributed by atoms with Crippen LogP contribution in [0, 0.1) is 25.5 Å². The standard InChI is InChI=1S/C14H14F2N2/c1-9-5-11(6-10(2)14(9)16)7-17-13-4-3-12(15)8-18-13/h3-6,8H,7H2,1-2H3,(H,17,18). The molecule has 2 nitrogen and oxygen atoms in total. The predicted octanol–water partition coefficient (Wildman–Crippen LogP) is 3.59. The molecule has 0 atom stereocenters. The highest BCUT2D eigenvalue weighted by Crippen LogP contribution is 2.15. The van der Waals surface area contributed by atoms with Crippen LogP contribution in [0.15, 0.2) is 30.5 Å². The third-order valence-electron chi connectivity index (χ3n) is 2.70. The van der Waals surface area contributed by atoms with Crippen LogP contribution in [0.3, 0.4) is 0 Å². The van der Waals surface area contributed by atoms with Gasteiger partial charge in [-0.1, -0.05) is 12.1 Å². The molecule has 0 fully saturated rings. The number of hydrogen-bond acceptors (Lipinski definition) is 2. The summed E-state index contributed by atoms with van der Waals surface area (Å²) < 4.78 is 26.1. The van der Waals surface area contributed by atoms with Gasteiger partial charge in [-0.15, -0.1) is 0 Å². The summed E-state index contributed by atoms with van der Waals surface area (Å²) in [6, 6.07) is 6.49. The highest BCUT2D eigenvalue weighted by molar-refractivity contribution is 5.37. The van der Waals surface area contributed by atoms with Gasteiger partial charge in [0.2, 0.25) is 0 Å². The van der Waals surface area contributed by atoms with Crippen LogP contribution in [-0.2, 0) is 6.54 Å². The van der Waals surface area contributed by atoms with Crippen LogP contribution in [0.2, 0.25) is 0 Å². The van der Waals surface area contributed by atoms with Crippen molar-refractivity contribution in [1.29, 1.82) is 0 Å². The van der Waals surface area contributed by atoms with E-state index in [-0.39, 0.29) is 11.6 Å². The Balaban J connectivity index is 2.08. The number of hydrogen-bond donors (Lipinski definition) is 1. The number of pyridine rings is 1. The van der Waals surface area contributed by atoms with E-state index in [4.69, 9.17) is 0 Å². The van der Waals surface area contributed by atoms with Crippen LogP contribution in [0.25, 0.3) is 0 Å². The SMILES string of the molecule is Cc1cc(CNc2ccc(F)cn2)cc(C)c1F. The summed E-state index contributed by atoms with van der Waals surface area (Å²) in [7, 11) is 0. The lowest BCUT2D eigenvalue weighted by molar-refractivity contribution is 0.608. The molecule has 0 aliphatic carbocycles. The maximum absolute atomic E-state index is 13.4. The fourth-order valence-corrected chi connectivity index (χ4v) is 1.81. The molecule has 0 spiro atoms. The number of anilines is 1. The molecule has 4 heteroatoms. The van der Waals surface area contributed by atoms with Crippen molar-refractivity contribution in [3.05, 3.63) is 58.8 Å². The molecule has 0 amide bonds. The smallest absolute Gasteiger partial charge is 0.141 e. The molecule has 2 rings (SSSR count). The average molecular weight is 248 g/mol. The second kappa shape index (κ2) is 5.12. The van der Waals surface area contributed by atoms with E-state index in [0.717, 1.165) is 11.8 Å². The summed E-state index contributed by atoms with van der Waals surface area (Å²) in [5.74, 6) is 0.0590. The Bertz CT molecular complexity index is 527. The molecule has 0 radical (unpaired) electrons. The lowest BCUT2D eigenvalue weighted by Gasteiger charge is -2.08. The monoisotopic (exact) mass is 248 g/mol. The van der Waals surface area contributed by atoms with Crippen LogP contribution < -0.4 is 5.32 Å². The zero-order valence-corrected chi connectivity index (χ0v) is 10.3. The highest BCUT2D eigenvalue weighted by Gasteiger charge is 2.04. The number of rotatable bonds is 3. The zero-order valence-electron chi connectivity index (χ0n) is 10.3. The first-order valence-electron chi connectivity index (χ1n) is 5.67. The van der Waals surface area contributed by atoms with Crippen LogP contribution >= 0.6 is 0 Å². The summed E-state index contributed by atoms with van der Waals surface area (Å²) >= 11 is 0. The molecule has 0 aliphatic rings. The average Bonchev–Trinajstić information content (AvgIpc) is 2.35. The van der Waals surface area contributed by atoms with Crippen molar-refractivity contribution in [2.75, 3.05) is 5.32 Å². The first-order chi connectivity index (χ1) is 8.56. The molecule has 0 saturated heterocycles. The van der Waals surface area contributed by atoms with Crippen molar-refractivity contribution in [2.24, 2.45) is 0 Å². The third-order valence-corrected chi connectivity index (χ3v) is 2.70. The van der Waals surface area contributed by atoms with E-state index >= 15 is 0 Å². The minimum Gasteiger partial charge on any atom is -0.366 e. The molecule has 1 aromatic heterocycles. The van der Waals surface area contributed by atoms with E-state index in [1.165, 1.54) is 6.07 Å². The van der Waals surface area contributed by atoms with E-state index in [0.29, 0.717) is 23.5 Å². The van der Waals surface area contributed by atoms with E-state index in [2.05, 4.69) is 10.3 Å². The van der Waals surface area contributed by atoms with Gasteiger partial charge in [0.25, 0.3) is 0 Å². The number of nitrogens with zero attached hydrogens (tertiary/aromatic N) is 1. The maximum Gasteiger partial charge on any atom is 0.141 e. The lowest BCUT2D eigenvalue weighted by Crippen LogP contribution is -2.03. The van der Waals surface area contributed by atoms with E-state index in [1.807, 2.05) is 0 Å². The summed E-state index contributed by atoms with van der Waals surface area (Å²) in [6.45, 7) is 4.00. The van der Waals surface area contributed by atoms with Crippen molar-refractivity contribution in [2.45, 2.75) is 20.4 Å². The van der Waals surface area contributed by atoms with Gasteiger partial charge in [-0.2, -0.15) is 0 Å². The Morgan fingerprint density at radius 2 is 1.78 bits per heavy atom. The van der Waals surface area contributed by atoms with E-state index in [1.54, 1.807) is 32.0 Å². The van der Waals surface area contributed by atoms with Crippen LogP contribution in [0.1, 0.15) is 16.7 Å². The quantitative estimate of drug-likeness (QED) is 0.897. The zero-order chi connectivity index (χ0) is 13.1. The van der Waals surface area contributed by atoms with Gasteiger partial charge in [-0.05, 0) is 42.7 Å². The molecule has 1 heterocycles. The second-order valence-corrected chi connectivity index (χ2v) is 4.26. The number of nitrogens with one attached hydrogen (secondary N) is 1. The highest BCUT2D eigenvalue weighted by atomic mass is 19.1.